The highest BCUT2D eigenvalue weighted by Crippen LogP contribution is 2.30. The maximum absolute atomic E-state index is 12.4. The molecule has 6 nitrogen and oxygen atoms in total. The molecule has 0 atom stereocenters. The lowest BCUT2D eigenvalue weighted by Gasteiger charge is -2.08. The van der Waals surface area contributed by atoms with Crippen LogP contribution in [0.4, 0.5) is 5.95 Å². The Morgan fingerprint density at radius 3 is 2.76 bits per heavy atom. The van der Waals surface area contributed by atoms with Crippen molar-refractivity contribution in [2.45, 2.75) is 29.1 Å². The molecular formula is C11H12BrClN4O2S2. The van der Waals surface area contributed by atoms with E-state index in [1.165, 1.54) is 17.8 Å². The number of nitrogens with one attached hydrogen (secondary N) is 2. The average molecular weight is 412 g/mol. The van der Waals surface area contributed by atoms with E-state index in [1.807, 2.05) is 13.8 Å². The van der Waals surface area contributed by atoms with Crippen LogP contribution in [0.3, 0.4) is 0 Å². The Bertz CT molecular complexity index is 728. The van der Waals surface area contributed by atoms with Crippen LogP contribution in [0.25, 0.3) is 0 Å². The summed E-state index contributed by atoms with van der Waals surface area (Å²) in [4.78, 5) is 4.03. The van der Waals surface area contributed by atoms with Crippen molar-refractivity contribution in [1.29, 1.82) is 0 Å². The van der Waals surface area contributed by atoms with Crippen molar-refractivity contribution < 1.29 is 8.42 Å². The van der Waals surface area contributed by atoms with E-state index in [1.54, 1.807) is 12.1 Å². The first-order chi connectivity index (χ1) is 9.79. The molecular weight excluding hydrogens is 400 g/mol. The van der Waals surface area contributed by atoms with Gasteiger partial charge in [0.05, 0.1) is 5.02 Å². The Morgan fingerprint density at radius 2 is 2.14 bits per heavy atom. The minimum absolute atomic E-state index is 0.0406. The van der Waals surface area contributed by atoms with Gasteiger partial charge in [0.25, 0.3) is 10.0 Å². The number of halogens is 2. The molecule has 21 heavy (non-hydrogen) atoms. The summed E-state index contributed by atoms with van der Waals surface area (Å²) in [5.74, 6) is 0.0463. The van der Waals surface area contributed by atoms with E-state index in [0.717, 1.165) is 0 Å². The summed E-state index contributed by atoms with van der Waals surface area (Å²) in [5, 5.41) is 7.37. The van der Waals surface area contributed by atoms with E-state index >= 15 is 0 Å². The zero-order valence-corrected chi connectivity index (χ0v) is 15.1. The number of hydrogen-bond donors (Lipinski definition) is 2. The molecule has 114 valence electrons. The number of aromatic nitrogens is 3. The molecule has 0 spiro atoms. The maximum atomic E-state index is 12.4. The standard InChI is InChI=1S/C11H12BrClN4O2S2/c1-6(2)20-11-14-10(15-16-11)17-21(18,19)9-7(12)4-3-5-8(9)13/h3-6H,1-2H3,(H2,14,15,16,17). The van der Waals surface area contributed by atoms with Crippen molar-refractivity contribution >= 4 is 55.3 Å². The van der Waals surface area contributed by atoms with Gasteiger partial charge in [0.15, 0.2) is 0 Å². The van der Waals surface area contributed by atoms with Gasteiger partial charge < -0.3 is 0 Å². The SMILES string of the molecule is CC(C)Sc1n[nH]c(NS(=O)(=O)c2c(Cl)cccc2Br)n1. The third-order valence-electron chi connectivity index (χ3n) is 2.22. The number of rotatable bonds is 5. The van der Waals surface area contributed by atoms with Gasteiger partial charge in [0.1, 0.15) is 4.90 Å². The second-order valence-electron chi connectivity index (χ2n) is 4.29. The molecule has 1 heterocycles. The summed E-state index contributed by atoms with van der Waals surface area (Å²) in [6.45, 7) is 3.98. The maximum Gasteiger partial charge on any atom is 0.266 e. The fourth-order valence-corrected chi connectivity index (χ4v) is 4.83. The first-order valence-corrected chi connectivity index (χ1v) is 9.39. The number of hydrogen-bond acceptors (Lipinski definition) is 5. The zero-order valence-electron chi connectivity index (χ0n) is 11.1. The van der Waals surface area contributed by atoms with E-state index in [-0.39, 0.29) is 15.9 Å². The number of benzene rings is 1. The zero-order chi connectivity index (χ0) is 15.6. The van der Waals surface area contributed by atoms with Gasteiger partial charge in [-0.05, 0) is 28.1 Å². The van der Waals surface area contributed by atoms with Crippen molar-refractivity contribution in [3.63, 3.8) is 0 Å². The number of sulfonamides is 1. The molecule has 1 aromatic heterocycles. The first kappa shape index (κ1) is 16.6. The molecule has 10 heteroatoms. The van der Waals surface area contributed by atoms with Gasteiger partial charge in [-0.1, -0.05) is 43.3 Å². The topological polar surface area (TPSA) is 87.7 Å². The Hall–Kier alpha value is -0.770. The van der Waals surface area contributed by atoms with Crippen LogP contribution in [0.15, 0.2) is 32.7 Å². The Labute approximate surface area is 140 Å². The van der Waals surface area contributed by atoms with Crippen LogP contribution >= 0.6 is 39.3 Å². The molecule has 1 aromatic carbocycles. The fraction of sp³-hybridized carbons (Fsp3) is 0.273. The van der Waals surface area contributed by atoms with E-state index in [4.69, 9.17) is 11.6 Å². The highest BCUT2D eigenvalue weighted by molar-refractivity contribution is 9.10. The molecule has 0 amide bonds. The lowest BCUT2D eigenvalue weighted by Crippen LogP contribution is -2.15. The van der Waals surface area contributed by atoms with Crippen LogP contribution in [-0.4, -0.2) is 28.8 Å². The summed E-state index contributed by atoms with van der Waals surface area (Å²) >= 11 is 10.6. The Morgan fingerprint density at radius 1 is 1.43 bits per heavy atom. The van der Waals surface area contributed by atoms with Crippen LogP contribution < -0.4 is 4.72 Å². The molecule has 2 rings (SSSR count). The van der Waals surface area contributed by atoms with E-state index in [0.29, 0.717) is 14.9 Å². The number of nitrogens with zero attached hydrogens (tertiary/aromatic N) is 2. The summed E-state index contributed by atoms with van der Waals surface area (Å²) in [7, 11) is -3.86. The smallest absolute Gasteiger partial charge is 0.247 e. The van der Waals surface area contributed by atoms with Gasteiger partial charge in [0, 0.05) is 9.72 Å². The second-order valence-corrected chi connectivity index (χ2v) is 8.71. The molecule has 0 fully saturated rings. The third kappa shape index (κ3) is 4.12. The number of H-pyrrole nitrogens is 1. The van der Waals surface area contributed by atoms with Gasteiger partial charge >= 0.3 is 0 Å². The molecule has 2 N–H and O–H groups in total. The number of thioether (sulfide) groups is 1. The normalized spacial score (nSPS) is 11.9. The lowest BCUT2D eigenvalue weighted by molar-refractivity contribution is 0.600. The van der Waals surface area contributed by atoms with Crippen LogP contribution in [-0.2, 0) is 10.0 Å². The Kier molecular flexibility index (Phi) is 5.18. The van der Waals surface area contributed by atoms with Crippen LogP contribution in [0.5, 0.6) is 0 Å². The molecule has 0 aliphatic carbocycles. The van der Waals surface area contributed by atoms with Crippen LogP contribution in [0, 0.1) is 0 Å². The minimum Gasteiger partial charge on any atom is -0.247 e. The highest BCUT2D eigenvalue weighted by atomic mass is 79.9. The number of aromatic amines is 1. The van der Waals surface area contributed by atoms with Crippen LogP contribution in [0.1, 0.15) is 13.8 Å². The molecule has 0 unspecified atom stereocenters. The van der Waals surface area contributed by atoms with Crippen molar-refractivity contribution in [1.82, 2.24) is 15.2 Å². The average Bonchev–Trinajstić information content (AvgIpc) is 2.73. The highest BCUT2D eigenvalue weighted by Gasteiger charge is 2.22. The van der Waals surface area contributed by atoms with Crippen molar-refractivity contribution in [2.75, 3.05) is 4.72 Å². The van der Waals surface area contributed by atoms with Crippen LogP contribution in [0.2, 0.25) is 5.02 Å². The molecule has 0 aliphatic heterocycles. The molecule has 2 aromatic rings. The minimum atomic E-state index is -3.86. The molecule has 0 aliphatic rings. The monoisotopic (exact) mass is 410 g/mol. The van der Waals surface area contributed by atoms with Gasteiger partial charge in [-0.3, -0.25) is 0 Å². The third-order valence-corrected chi connectivity index (χ3v) is 5.88. The summed E-state index contributed by atoms with van der Waals surface area (Å²) < 4.78 is 27.4. The van der Waals surface area contributed by atoms with E-state index in [2.05, 4.69) is 35.8 Å². The van der Waals surface area contributed by atoms with Crippen molar-refractivity contribution in [2.24, 2.45) is 0 Å². The summed E-state index contributed by atoms with van der Waals surface area (Å²) in [5.41, 5.74) is 0. The molecule has 0 saturated heterocycles. The quantitative estimate of drug-likeness (QED) is 0.735. The first-order valence-electron chi connectivity index (χ1n) is 5.85. The summed E-state index contributed by atoms with van der Waals surface area (Å²) in [6, 6.07) is 4.75. The predicted octanol–water partition coefficient (Wildman–Crippen LogP) is 3.52. The summed E-state index contributed by atoms with van der Waals surface area (Å²) in [6.07, 6.45) is 0. The fourth-order valence-electron chi connectivity index (χ4n) is 1.47. The van der Waals surface area contributed by atoms with Gasteiger partial charge in [-0.15, -0.1) is 5.10 Å². The lowest BCUT2D eigenvalue weighted by atomic mass is 10.4. The molecule has 0 saturated carbocycles. The van der Waals surface area contributed by atoms with Crippen molar-refractivity contribution in [3.05, 3.63) is 27.7 Å². The van der Waals surface area contributed by atoms with E-state index in [9.17, 15) is 8.42 Å². The van der Waals surface area contributed by atoms with Gasteiger partial charge in [0.2, 0.25) is 11.1 Å². The van der Waals surface area contributed by atoms with E-state index < -0.39 is 10.0 Å². The molecule has 0 bridgehead atoms. The second kappa shape index (κ2) is 6.55. The van der Waals surface area contributed by atoms with Gasteiger partial charge in [-0.25, -0.2) is 18.2 Å². The van der Waals surface area contributed by atoms with Gasteiger partial charge in [-0.2, -0.15) is 4.98 Å². The molecule has 0 radical (unpaired) electrons. The largest absolute Gasteiger partial charge is 0.266 e. The van der Waals surface area contributed by atoms with Crippen molar-refractivity contribution in [3.8, 4) is 0 Å². The predicted molar refractivity (Wildman–Crippen MR) is 87.3 cm³/mol. The Balaban J connectivity index is 2.27. The number of anilines is 1.